The van der Waals surface area contributed by atoms with Crippen LogP contribution in [0.3, 0.4) is 0 Å². The first-order chi connectivity index (χ1) is 8.45. The minimum atomic E-state index is -0.253. The number of rotatable bonds is 5. The van der Waals surface area contributed by atoms with Crippen molar-refractivity contribution in [2.45, 2.75) is 19.9 Å². The third-order valence-electron chi connectivity index (χ3n) is 2.76. The van der Waals surface area contributed by atoms with Crippen LogP contribution in [0.25, 0.3) is 0 Å². The molecule has 0 saturated carbocycles. The summed E-state index contributed by atoms with van der Waals surface area (Å²) in [6, 6.07) is 4.72. The lowest BCUT2D eigenvalue weighted by atomic mass is 10.2. The van der Waals surface area contributed by atoms with E-state index in [0.29, 0.717) is 12.2 Å². The number of hydrogen-bond acceptors (Lipinski definition) is 3. The molecule has 100 valence electrons. The molecule has 1 N–H and O–H groups in total. The van der Waals surface area contributed by atoms with Crippen LogP contribution < -0.4 is 5.56 Å². The van der Waals surface area contributed by atoms with Gasteiger partial charge < -0.3 is 14.8 Å². The number of aromatic nitrogens is 1. The van der Waals surface area contributed by atoms with Gasteiger partial charge in [0.15, 0.2) is 0 Å². The van der Waals surface area contributed by atoms with E-state index in [2.05, 4.69) is 4.98 Å². The molecule has 1 heterocycles. The van der Waals surface area contributed by atoms with Gasteiger partial charge in [-0.05, 0) is 34.0 Å². The van der Waals surface area contributed by atoms with Crippen molar-refractivity contribution in [3.8, 4) is 0 Å². The molecule has 1 amide bonds. The van der Waals surface area contributed by atoms with Crippen LogP contribution >= 0.6 is 0 Å². The highest BCUT2D eigenvalue weighted by atomic mass is 16.2. The summed E-state index contributed by atoms with van der Waals surface area (Å²) in [5.74, 6) is -0.135. The number of carbonyl (C=O) groups excluding carboxylic acids is 1. The first-order valence-corrected chi connectivity index (χ1v) is 6.10. The van der Waals surface area contributed by atoms with Crippen LogP contribution in [0.4, 0.5) is 0 Å². The second-order valence-corrected chi connectivity index (χ2v) is 4.63. The van der Waals surface area contributed by atoms with E-state index in [1.54, 1.807) is 17.0 Å². The fourth-order valence-electron chi connectivity index (χ4n) is 2.01. The van der Waals surface area contributed by atoms with Crippen molar-refractivity contribution in [2.75, 3.05) is 27.2 Å². The smallest absolute Gasteiger partial charge is 0.270 e. The van der Waals surface area contributed by atoms with Gasteiger partial charge in [0.05, 0.1) is 0 Å². The number of hydrogen-bond donors (Lipinski definition) is 1. The average Bonchev–Trinajstić information content (AvgIpc) is 2.28. The minimum absolute atomic E-state index is 0.0983. The van der Waals surface area contributed by atoms with Crippen LogP contribution in [-0.2, 0) is 0 Å². The minimum Gasteiger partial charge on any atom is -0.334 e. The van der Waals surface area contributed by atoms with E-state index in [-0.39, 0.29) is 17.5 Å². The molecule has 1 unspecified atom stereocenters. The normalized spacial score (nSPS) is 12.5. The molecule has 0 saturated heterocycles. The summed E-state index contributed by atoms with van der Waals surface area (Å²) in [6.07, 6.45) is 0. The zero-order chi connectivity index (χ0) is 13.7. The van der Waals surface area contributed by atoms with Crippen LogP contribution in [0.1, 0.15) is 24.3 Å². The van der Waals surface area contributed by atoms with E-state index in [0.717, 1.165) is 6.54 Å². The Morgan fingerprint density at radius 2 is 2.06 bits per heavy atom. The van der Waals surface area contributed by atoms with Gasteiger partial charge in [-0.2, -0.15) is 0 Å². The molecule has 1 aromatic heterocycles. The highest BCUT2D eigenvalue weighted by Gasteiger charge is 2.20. The van der Waals surface area contributed by atoms with Crippen molar-refractivity contribution in [3.63, 3.8) is 0 Å². The molecule has 18 heavy (non-hydrogen) atoms. The molecule has 0 aliphatic heterocycles. The molecule has 0 spiro atoms. The molecule has 0 bridgehead atoms. The zero-order valence-corrected chi connectivity index (χ0v) is 11.4. The Morgan fingerprint density at radius 3 is 2.56 bits per heavy atom. The molecule has 1 aromatic rings. The fourth-order valence-corrected chi connectivity index (χ4v) is 2.01. The highest BCUT2D eigenvalue weighted by molar-refractivity contribution is 5.92. The monoisotopic (exact) mass is 251 g/mol. The standard InChI is InChI=1S/C13H21N3O2/c1-5-16(10(2)9-15(3)4)13(18)11-7-6-8-12(17)14-11/h6-8,10H,5,9H2,1-4H3,(H,14,17). The largest absolute Gasteiger partial charge is 0.334 e. The van der Waals surface area contributed by atoms with Gasteiger partial charge >= 0.3 is 0 Å². The van der Waals surface area contributed by atoms with Crippen LogP contribution in [0.5, 0.6) is 0 Å². The molecule has 5 heteroatoms. The van der Waals surface area contributed by atoms with Crippen LogP contribution in [0.2, 0.25) is 0 Å². The summed E-state index contributed by atoms with van der Waals surface area (Å²) >= 11 is 0. The maximum absolute atomic E-state index is 12.3. The van der Waals surface area contributed by atoms with Gasteiger partial charge in [-0.15, -0.1) is 0 Å². The molecule has 1 atom stereocenters. The Kier molecular flexibility index (Phi) is 5.09. The average molecular weight is 251 g/mol. The predicted molar refractivity (Wildman–Crippen MR) is 71.8 cm³/mol. The Hall–Kier alpha value is -1.62. The maximum Gasteiger partial charge on any atom is 0.270 e. The van der Waals surface area contributed by atoms with Crippen molar-refractivity contribution in [1.29, 1.82) is 0 Å². The first kappa shape index (κ1) is 14.4. The number of pyridine rings is 1. The molecule has 0 aromatic carbocycles. The van der Waals surface area contributed by atoms with Gasteiger partial charge in [-0.3, -0.25) is 9.59 Å². The van der Waals surface area contributed by atoms with Crippen LogP contribution in [0, 0.1) is 0 Å². The Labute approximate surface area is 107 Å². The molecule has 0 fully saturated rings. The Bertz CT molecular complexity index is 454. The molecule has 0 aliphatic carbocycles. The van der Waals surface area contributed by atoms with Crippen LogP contribution in [-0.4, -0.2) is 53.9 Å². The summed E-state index contributed by atoms with van der Waals surface area (Å²) in [5, 5.41) is 0. The number of likely N-dealkylation sites (N-methyl/N-ethyl adjacent to an activating group) is 2. The molecular weight excluding hydrogens is 230 g/mol. The topological polar surface area (TPSA) is 56.4 Å². The van der Waals surface area contributed by atoms with E-state index in [1.165, 1.54) is 6.07 Å². The van der Waals surface area contributed by atoms with E-state index >= 15 is 0 Å². The third kappa shape index (κ3) is 3.70. The summed E-state index contributed by atoms with van der Waals surface area (Å²) in [4.78, 5) is 29.9. The van der Waals surface area contributed by atoms with Crippen LogP contribution in [0.15, 0.2) is 23.0 Å². The van der Waals surface area contributed by atoms with E-state index in [4.69, 9.17) is 0 Å². The van der Waals surface area contributed by atoms with Crippen molar-refractivity contribution in [3.05, 3.63) is 34.2 Å². The molecule has 0 radical (unpaired) electrons. The number of nitrogens with one attached hydrogen (secondary N) is 1. The zero-order valence-electron chi connectivity index (χ0n) is 11.4. The van der Waals surface area contributed by atoms with Gasteiger partial charge in [0.25, 0.3) is 5.91 Å². The molecular formula is C13H21N3O2. The van der Waals surface area contributed by atoms with Gasteiger partial charge in [0.1, 0.15) is 5.69 Å². The number of carbonyl (C=O) groups is 1. The molecule has 5 nitrogen and oxygen atoms in total. The quantitative estimate of drug-likeness (QED) is 0.841. The maximum atomic E-state index is 12.3. The summed E-state index contributed by atoms with van der Waals surface area (Å²) in [6.45, 7) is 5.34. The lowest BCUT2D eigenvalue weighted by Gasteiger charge is -2.30. The predicted octanol–water partition coefficient (Wildman–Crippen LogP) is 0.787. The van der Waals surface area contributed by atoms with Crippen molar-refractivity contribution in [2.24, 2.45) is 0 Å². The van der Waals surface area contributed by atoms with E-state index in [9.17, 15) is 9.59 Å². The summed E-state index contributed by atoms with van der Waals surface area (Å²) in [7, 11) is 3.94. The van der Waals surface area contributed by atoms with Gasteiger partial charge in [-0.1, -0.05) is 6.07 Å². The summed E-state index contributed by atoms with van der Waals surface area (Å²) < 4.78 is 0. The van der Waals surface area contributed by atoms with E-state index < -0.39 is 0 Å². The second-order valence-electron chi connectivity index (χ2n) is 4.63. The number of amides is 1. The third-order valence-corrected chi connectivity index (χ3v) is 2.76. The van der Waals surface area contributed by atoms with E-state index in [1.807, 2.05) is 32.8 Å². The SMILES string of the molecule is CCN(C(=O)c1cccc(=O)[nH]1)C(C)CN(C)C. The van der Waals surface area contributed by atoms with Gasteiger partial charge in [0, 0.05) is 25.2 Å². The lowest BCUT2D eigenvalue weighted by Crippen LogP contribution is -2.44. The Morgan fingerprint density at radius 1 is 1.39 bits per heavy atom. The fraction of sp³-hybridized carbons (Fsp3) is 0.538. The molecule has 0 aliphatic rings. The van der Waals surface area contributed by atoms with Gasteiger partial charge in [-0.25, -0.2) is 0 Å². The number of nitrogens with zero attached hydrogens (tertiary/aromatic N) is 2. The Balaban J connectivity index is 2.88. The molecule has 1 rings (SSSR count). The highest BCUT2D eigenvalue weighted by Crippen LogP contribution is 2.06. The van der Waals surface area contributed by atoms with Crippen molar-refractivity contribution < 1.29 is 4.79 Å². The summed E-state index contributed by atoms with van der Waals surface area (Å²) in [5.41, 5.74) is 0.0899. The van der Waals surface area contributed by atoms with Gasteiger partial charge in [0.2, 0.25) is 5.56 Å². The number of H-pyrrole nitrogens is 1. The second kappa shape index (κ2) is 6.35. The van der Waals surface area contributed by atoms with Crippen molar-refractivity contribution >= 4 is 5.91 Å². The first-order valence-electron chi connectivity index (χ1n) is 6.10. The lowest BCUT2D eigenvalue weighted by molar-refractivity contribution is 0.0672. The van der Waals surface area contributed by atoms with Crippen molar-refractivity contribution in [1.82, 2.24) is 14.8 Å². The number of aromatic amines is 1.